The fourth-order valence-corrected chi connectivity index (χ4v) is 5.80. The zero-order chi connectivity index (χ0) is 19.1. The highest BCUT2D eigenvalue weighted by Gasteiger charge is 2.30. The van der Waals surface area contributed by atoms with Crippen LogP contribution in [0.5, 0.6) is 0 Å². The molecule has 2 aromatic heterocycles. The van der Waals surface area contributed by atoms with Gasteiger partial charge in [0.25, 0.3) is 5.91 Å². The molecule has 0 radical (unpaired) electrons. The highest BCUT2D eigenvalue weighted by Crippen LogP contribution is 2.37. The number of aryl methyl sites for hydroxylation is 1. The van der Waals surface area contributed by atoms with Gasteiger partial charge in [-0.2, -0.15) is 0 Å². The maximum Gasteiger partial charge on any atom is 0.264 e. The number of anilines is 1. The van der Waals surface area contributed by atoms with Gasteiger partial charge in [-0.05, 0) is 49.5 Å². The zero-order valence-electron chi connectivity index (χ0n) is 16.9. The van der Waals surface area contributed by atoms with Crippen LogP contribution in [0.4, 0.5) is 5.82 Å². The Morgan fingerprint density at radius 1 is 1.07 bits per heavy atom. The predicted octanol–water partition coefficient (Wildman–Crippen LogP) is 4.35. The molecular formula is C21H30N4OS. The lowest BCUT2D eigenvalue weighted by atomic mass is 9.92. The van der Waals surface area contributed by atoms with Crippen molar-refractivity contribution in [3.63, 3.8) is 0 Å². The van der Waals surface area contributed by atoms with E-state index in [1.807, 2.05) is 4.90 Å². The van der Waals surface area contributed by atoms with Crippen molar-refractivity contribution >= 4 is 33.3 Å². The highest BCUT2D eigenvalue weighted by atomic mass is 32.1. The smallest absolute Gasteiger partial charge is 0.264 e. The summed E-state index contributed by atoms with van der Waals surface area (Å²) in [5, 5.41) is 1.08. The van der Waals surface area contributed by atoms with Crippen LogP contribution in [0, 0.1) is 24.7 Å². The number of thiophene rings is 1. The molecule has 2 fully saturated rings. The molecule has 4 heterocycles. The number of likely N-dealkylation sites (tertiary alicyclic amines) is 1. The Labute approximate surface area is 165 Å². The molecule has 5 nitrogen and oxygen atoms in total. The maximum atomic E-state index is 13.3. The van der Waals surface area contributed by atoms with Crippen molar-refractivity contribution in [1.82, 2.24) is 14.9 Å². The van der Waals surface area contributed by atoms with E-state index in [1.54, 1.807) is 6.33 Å². The normalized spacial score (nSPS) is 24.6. The summed E-state index contributed by atoms with van der Waals surface area (Å²) < 4.78 is 0. The third kappa shape index (κ3) is 3.56. The number of carbonyl (C=O) groups is 1. The second-order valence-corrected chi connectivity index (χ2v) is 9.76. The summed E-state index contributed by atoms with van der Waals surface area (Å²) in [5.74, 6) is 3.10. The van der Waals surface area contributed by atoms with E-state index in [1.165, 1.54) is 30.6 Å². The van der Waals surface area contributed by atoms with Crippen LogP contribution >= 0.6 is 11.3 Å². The summed E-state index contributed by atoms with van der Waals surface area (Å²) in [6.07, 6.45) is 5.26. The molecular weight excluding hydrogens is 356 g/mol. The fraction of sp³-hybridized carbons (Fsp3) is 0.667. The quantitative estimate of drug-likeness (QED) is 0.770. The molecule has 2 aliphatic heterocycles. The van der Waals surface area contributed by atoms with Gasteiger partial charge in [-0.25, -0.2) is 9.97 Å². The van der Waals surface area contributed by atoms with E-state index in [0.29, 0.717) is 11.8 Å². The van der Waals surface area contributed by atoms with Gasteiger partial charge in [-0.3, -0.25) is 4.79 Å². The number of fused-ring (bicyclic) bond motifs is 1. The van der Waals surface area contributed by atoms with Crippen LogP contribution in [0.3, 0.4) is 0 Å². The van der Waals surface area contributed by atoms with Gasteiger partial charge in [0.05, 0.1) is 10.3 Å². The number of rotatable bonds is 2. The Morgan fingerprint density at radius 3 is 2.41 bits per heavy atom. The zero-order valence-corrected chi connectivity index (χ0v) is 17.7. The Hall–Kier alpha value is -1.69. The van der Waals surface area contributed by atoms with E-state index in [0.717, 1.165) is 58.6 Å². The molecule has 0 spiro atoms. The van der Waals surface area contributed by atoms with Crippen molar-refractivity contribution in [2.75, 3.05) is 31.1 Å². The molecule has 2 unspecified atom stereocenters. The molecule has 146 valence electrons. The Bertz CT molecular complexity index is 830. The van der Waals surface area contributed by atoms with Crippen molar-refractivity contribution in [2.45, 2.75) is 47.0 Å². The average Bonchev–Trinajstić information content (AvgIpc) is 2.98. The van der Waals surface area contributed by atoms with Crippen LogP contribution < -0.4 is 4.90 Å². The molecule has 0 N–H and O–H groups in total. The number of nitrogens with zero attached hydrogens (tertiary/aromatic N) is 4. The maximum absolute atomic E-state index is 13.3. The van der Waals surface area contributed by atoms with E-state index in [-0.39, 0.29) is 5.91 Å². The topological polar surface area (TPSA) is 49.3 Å². The fourth-order valence-electron chi connectivity index (χ4n) is 4.69. The molecule has 0 aromatic carbocycles. The monoisotopic (exact) mass is 386 g/mol. The summed E-state index contributed by atoms with van der Waals surface area (Å²) in [5.41, 5.74) is 1.06. The average molecular weight is 387 g/mol. The summed E-state index contributed by atoms with van der Waals surface area (Å²) >= 11 is 1.54. The molecule has 2 saturated heterocycles. The molecule has 0 saturated carbocycles. The van der Waals surface area contributed by atoms with E-state index >= 15 is 0 Å². The Morgan fingerprint density at radius 2 is 1.74 bits per heavy atom. The molecule has 2 aromatic rings. The predicted molar refractivity (Wildman–Crippen MR) is 112 cm³/mol. The molecule has 1 amide bonds. The largest absolute Gasteiger partial charge is 0.356 e. The van der Waals surface area contributed by atoms with Gasteiger partial charge in [0, 0.05) is 26.2 Å². The first-order chi connectivity index (χ1) is 12.9. The van der Waals surface area contributed by atoms with E-state index in [4.69, 9.17) is 0 Å². The second kappa shape index (κ2) is 7.38. The molecule has 2 aliphatic rings. The van der Waals surface area contributed by atoms with Crippen LogP contribution in [0.2, 0.25) is 0 Å². The highest BCUT2D eigenvalue weighted by molar-refractivity contribution is 7.20. The molecule has 2 atom stereocenters. The number of amides is 1. The van der Waals surface area contributed by atoms with Crippen LogP contribution in [0.1, 0.15) is 55.3 Å². The van der Waals surface area contributed by atoms with Gasteiger partial charge >= 0.3 is 0 Å². The van der Waals surface area contributed by atoms with Crippen molar-refractivity contribution in [1.29, 1.82) is 0 Å². The number of hydrogen-bond acceptors (Lipinski definition) is 5. The second-order valence-electron chi connectivity index (χ2n) is 8.76. The van der Waals surface area contributed by atoms with E-state index in [2.05, 4.69) is 42.6 Å². The van der Waals surface area contributed by atoms with Crippen LogP contribution in [0.15, 0.2) is 6.33 Å². The van der Waals surface area contributed by atoms with Gasteiger partial charge in [-0.15, -0.1) is 11.3 Å². The molecule has 0 bridgehead atoms. The number of carbonyl (C=O) groups excluding carboxylic acids is 1. The Kier molecular flexibility index (Phi) is 5.10. The van der Waals surface area contributed by atoms with Crippen LogP contribution in [0.25, 0.3) is 10.2 Å². The van der Waals surface area contributed by atoms with Crippen molar-refractivity contribution < 1.29 is 4.79 Å². The lowest BCUT2D eigenvalue weighted by Gasteiger charge is -2.35. The van der Waals surface area contributed by atoms with Gasteiger partial charge in [0.1, 0.15) is 17.0 Å². The summed E-state index contributed by atoms with van der Waals surface area (Å²) in [6, 6.07) is 0. The van der Waals surface area contributed by atoms with Gasteiger partial charge in [0.15, 0.2) is 0 Å². The first-order valence-corrected chi connectivity index (χ1v) is 11.0. The first-order valence-electron chi connectivity index (χ1n) is 10.2. The van der Waals surface area contributed by atoms with Crippen molar-refractivity contribution in [3.8, 4) is 0 Å². The van der Waals surface area contributed by atoms with E-state index in [9.17, 15) is 4.79 Å². The van der Waals surface area contributed by atoms with Crippen molar-refractivity contribution in [2.24, 2.45) is 17.8 Å². The minimum Gasteiger partial charge on any atom is -0.356 e. The standard InChI is InChI=1S/C21H30N4OS/c1-13-5-7-24(8-6-13)19-17-16(4)18(27-20(17)23-12-22-19)21(26)25-10-14(2)9-15(3)11-25/h12-15H,5-11H2,1-4H3. The number of aromatic nitrogens is 2. The molecule has 27 heavy (non-hydrogen) atoms. The minimum absolute atomic E-state index is 0.173. The molecule has 4 rings (SSSR count). The summed E-state index contributed by atoms with van der Waals surface area (Å²) in [4.78, 5) is 28.6. The van der Waals surface area contributed by atoms with Gasteiger partial charge in [-0.1, -0.05) is 20.8 Å². The van der Waals surface area contributed by atoms with Gasteiger partial charge < -0.3 is 9.80 Å². The lowest BCUT2D eigenvalue weighted by Crippen LogP contribution is -2.42. The third-order valence-corrected chi connectivity index (χ3v) is 7.33. The SMILES string of the molecule is Cc1c(C(=O)N2CC(C)CC(C)C2)sc2ncnc(N3CCC(C)CC3)c12. The van der Waals surface area contributed by atoms with Gasteiger partial charge in [0.2, 0.25) is 0 Å². The number of piperidine rings is 2. The third-order valence-electron chi connectivity index (χ3n) is 6.14. The minimum atomic E-state index is 0.173. The number of hydrogen-bond donors (Lipinski definition) is 0. The van der Waals surface area contributed by atoms with E-state index < -0.39 is 0 Å². The molecule has 0 aliphatic carbocycles. The Balaban J connectivity index is 1.68. The summed E-state index contributed by atoms with van der Waals surface area (Å²) in [6.45, 7) is 12.7. The molecule has 6 heteroatoms. The van der Waals surface area contributed by atoms with Crippen LogP contribution in [-0.4, -0.2) is 47.0 Å². The van der Waals surface area contributed by atoms with Crippen molar-refractivity contribution in [3.05, 3.63) is 16.8 Å². The lowest BCUT2D eigenvalue weighted by molar-refractivity contribution is 0.0627. The van der Waals surface area contributed by atoms with Crippen LogP contribution in [-0.2, 0) is 0 Å². The first kappa shape index (κ1) is 18.7. The summed E-state index contributed by atoms with van der Waals surface area (Å²) in [7, 11) is 0.